The molecule has 0 radical (unpaired) electrons. The Morgan fingerprint density at radius 2 is 2.33 bits per heavy atom. The molecule has 12 heavy (non-hydrogen) atoms. The maximum atomic E-state index is 9.80. The summed E-state index contributed by atoms with van der Waals surface area (Å²) >= 11 is 0. The third-order valence-corrected chi connectivity index (χ3v) is 2.44. The second kappa shape index (κ2) is 2.59. The largest absolute Gasteiger partial charge is 0.388 e. The maximum Gasteiger partial charge on any atom is 0.0851 e. The molecule has 66 valence electrons. The summed E-state index contributed by atoms with van der Waals surface area (Å²) < 4.78 is 1.76. The van der Waals surface area contributed by atoms with E-state index in [0.717, 1.165) is 24.1 Å². The Labute approximate surface area is 72.0 Å². The van der Waals surface area contributed by atoms with Crippen molar-refractivity contribution in [3.05, 3.63) is 17.5 Å². The van der Waals surface area contributed by atoms with E-state index in [1.54, 1.807) is 4.68 Å². The van der Waals surface area contributed by atoms with Crippen molar-refractivity contribution < 1.29 is 5.11 Å². The lowest BCUT2D eigenvalue weighted by molar-refractivity contribution is 0.153. The average Bonchev–Trinajstić information content (AvgIpc) is 2.77. The van der Waals surface area contributed by atoms with Gasteiger partial charge in [0.05, 0.1) is 11.8 Å². The Hall–Kier alpha value is -0.830. The van der Waals surface area contributed by atoms with E-state index in [0.29, 0.717) is 5.92 Å². The van der Waals surface area contributed by atoms with Gasteiger partial charge in [-0.25, -0.2) is 0 Å². The summed E-state index contributed by atoms with van der Waals surface area (Å²) in [4.78, 5) is 0. The molecule has 3 heteroatoms. The molecule has 1 aromatic heterocycles. The first-order chi connectivity index (χ1) is 5.68. The lowest BCUT2D eigenvalue weighted by Crippen LogP contribution is -1.99. The van der Waals surface area contributed by atoms with E-state index in [9.17, 15) is 5.11 Å². The topological polar surface area (TPSA) is 38.0 Å². The standard InChI is InChI=1S/C9H14N2O/c1-6-8(5-11(2)10-6)9(12)7-3-4-7/h5,7,9,12H,3-4H2,1-2H3. The van der Waals surface area contributed by atoms with Crippen molar-refractivity contribution in [1.82, 2.24) is 9.78 Å². The Kier molecular flexibility index (Phi) is 1.68. The van der Waals surface area contributed by atoms with Crippen LogP contribution in [0.5, 0.6) is 0 Å². The number of aromatic nitrogens is 2. The van der Waals surface area contributed by atoms with Crippen molar-refractivity contribution in [2.24, 2.45) is 13.0 Å². The van der Waals surface area contributed by atoms with E-state index in [1.807, 2.05) is 20.2 Å². The summed E-state index contributed by atoms with van der Waals surface area (Å²) in [5.41, 5.74) is 1.96. The van der Waals surface area contributed by atoms with E-state index in [4.69, 9.17) is 0 Å². The minimum atomic E-state index is -0.279. The fraction of sp³-hybridized carbons (Fsp3) is 0.667. The number of aryl methyl sites for hydroxylation is 2. The Bertz CT molecular complexity index is 289. The lowest BCUT2D eigenvalue weighted by atomic mass is 10.1. The van der Waals surface area contributed by atoms with Gasteiger partial charge in [-0.2, -0.15) is 5.10 Å². The molecular weight excluding hydrogens is 152 g/mol. The summed E-state index contributed by atoms with van der Waals surface area (Å²) in [6.07, 6.45) is 3.96. The van der Waals surface area contributed by atoms with Gasteiger partial charge in [0.25, 0.3) is 0 Å². The lowest BCUT2D eigenvalue weighted by Gasteiger charge is -2.06. The highest BCUT2D eigenvalue weighted by Gasteiger charge is 2.32. The van der Waals surface area contributed by atoms with Gasteiger partial charge in [-0.05, 0) is 25.7 Å². The molecule has 0 spiro atoms. The molecule has 0 aliphatic heterocycles. The van der Waals surface area contributed by atoms with Crippen LogP contribution in [0.4, 0.5) is 0 Å². The number of hydrogen-bond acceptors (Lipinski definition) is 2. The second-order valence-electron chi connectivity index (χ2n) is 3.63. The van der Waals surface area contributed by atoms with E-state index in [2.05, 4.69) is 5.10 Å². The average molecular weight is 166 g/mol. The van der Waals surface area contributed by atoms with Gasteiger partial charge in [-0.3, -0.25) is 4.68 Å². The second-order valence-corrected chi connectivity index (χ2v) is 3.63. The molecule has 1 aromatic rings. The van der Waals surface area contributed by atoms with Crippen molar-refractivity contribution in [2.45, 2.75) is 25.9 Å². The minimum absolute atomic E-state index is 0.279. The number of aliphatic hydroxyl groups is 1. The molecule has 1 fully saturated rings. The zero-order valence-corrected chi connectivity index (χ0v) is 7.49. The smallest absolute Gasteiger partial charge is 0.0851 e. The van der Waals surface area contributed by atoms with Crippen LogP contribution in [0.25, 0.3) is 0 Å². The molecule has 1 heterocycles. The summed E-state index contributed by atoms with van der Waals surface area (Å²) in [5, 5.41) is 14.0. The molecule has 0 saturated heterocycles. The molecule has 2 rings (SSSR count). The summed E-state index contributed by atoms with van der Waals surface area (Å²) in [6.45, 7) is 1.95. The highest BCUT2D eigenvalue weighted by atomic mass is 16.3. The molecule has 1 atom stereocenters. The third kappa shape index (κ3) is 1.25. The van der Waals surface area contributed by atoms with Crippen LogP contribution in [-0.4, -0.2) is 14.9 Å². The van der Waals surface area contributed by atoms with Gasteiger partial charge in [-0.15, -0.1) is 0 Å². The zero-order chi connectivity index (χ0) is 8.72. The van der Waals surface area contributed by atoms with Gasteiger partial charge in [0.1, 0.15) is 0 Å². The van der Waals surface area contributed by atoms with Gasteiger partial charge in [0.15, 0.2) is 0 Å². The van der Waals surface area contributed by atoms with Crippen LogP contribution in [0.3, 0.4) is 0 Å². The monoisotopic (exact) mass is 166 g/mol. The summed E-state index contributed by atoms with van der Waals surface area (Å²) in [5.74, 6) is 0.493. The molecule has 1 N–H and O–H groups in total. The van der Waals surface area contributed by atoms with Crippen LogP contribution in [0.15, 0.2) is 6.20 Å². The fourth-order valence-corrected chi connectivity index (χ4v) is 1.57. The van der Waals surface area contributed by atoms with E-state index in [1.165, 1.54) is 0 Å². The highest BCUT2D eigenvalue weighted by molar-refractivity contribution is 5.20. The molecule has 1 aliphatic rings. The normalized spacial score (nSPS) is 19.6. The van der Waals surface area contributed by atoms with Gasteiger partial charge in [0, 0.05) is 18.8 Å². The van der Waals surface area contributed by atoms with Gasteiger partial charge < -0.3 is 5.11 Å². The predicted molar refractivity (Wildman–Crippen MR) is 45.6 cm³/mol. The predicted octanol–water partition coefficient (Wildman–Crippen LogP) is 1.17. The molecule has 0 amide bonds. The van der Waals surface area contributed by atoms with Gasteiger partial charge >= 0.3 is 0 Å². The maximum absolute atomic E-state index is 9.80. The number of nitrogens with zero attached hydrogens (tertiary/aromatic N) is 2. The van der Waals surface area contributed by atoms with Crippen molar-refractivity contribution in [2.75, 3.05) is 0 Å². The molecule has 1 saturated carbocycles. The molecule has 3 nitrogen and oxygen atoms in total. The summed E-state index contributed by atoms with van der Waals surface area (Å²) in [6, 6.07) is 0. The van der Waals surface area contributed by atoms with Crippen LogP contribution >= 0.6 is 0 Å². The van der Waals surface area contributed by atoms with Crippen LogP contribution in [0, 0.1) is 12.8 Å². The van der Waals surface area contributed by atoms with Crippen molar-refractivity contribution in [3.63, 3.8) is 0 Å². The fourth-order valence-electron chi connectivity index (χ4n) is 1.57. The Morgan fingerprint density at radius 3 is 2.75 bits per heavy atom. The number of aliphatic hydroxyl groups excluding tert-OH is 1. The van der Waals surface area contributed by atoms with E-state index >= 15 is 0 Å². The van der Waals surface area contributed by atoms with Crippen LogP contribution < -0.4 is 0 Å². The quantitative estimate of drug-likeness (QED) is 0.716. The van der Waals surface area contributed by atoms with E-state index < -0.39 is 0 Å². The molecule has 0 aromatic carbocycles. The third-order valence-electron chi connectivity index (χ3n) is 2.44. The molecule has 1 unspecified atom stereocenters. The number of rotatable bonds is 2. The zero-order valence-electron chi connectivity index (χ0n) is 7.49. The van der Waals surface area contributed by atoms with Crippen molar-refractivity contribution >= 4 is 0 Å². The first-order valence-corrected chi connectivity index (χ1v) is 4.36. The minimum Gasteiger partial charge on any atom is -0.388 e. The van der Waals surface area contributed by atoms with Crippen LogP contribution in [-0.2, 0) is 7.05 Å². The summed E-state index contributed by atoms with van der Waals surface area (Å²) in [7, 11) is 1.89. The van der Waals surface area contributed by atoms with Crippen LogP contribution in [0.1, 0.15) is 30.2 Å². The van der Waals surface area contributed by atoms with Gasteiger partial charge in [0.2, 0.25) is 0 Å². The first-order valence-electron chi connectivity index (χ1n) is 4.36. The molecule has 1 aliphatic carbocycles. The Balaban J connectivity index is 2.25. The molecule has 0 bridgehead atoms. The van der Waals surface area contributed by atoms with Crippen LogP contribution in [0.2, 0.25) is 0 Å². The SMILES string of the molecule is Cc1nn(C)cc1C(O)C1CC1. The Morgan fingerprint density at radius 1 is 1.67 bits per heavy atom. The molecular formula is C9H14N2O. The number of hydrogen-bond donors (Lipinski definition) is 1. The van der Waals surface area contributed by atoms with E-state index in [-0.39, 0.29) is 6.10 Å². The van der Waals surface area contributed by atoms with Gasteiger partial charge in [-0.1, -0.05) is 0 Å². The van der Waals surface area contributed by atoms with Crippen molar-refractivity contribution in [1.29, 1.82) is 0 Å². The van der Waals surface area contributed by atoms with Crippen molar-refractivity contribution in [3.8, 4) is 0 Å². The highest BCUT2D eigenvalue weighted by Crippen LogP contribution is 2.41. The first kappa shape index (κ1) is 7.80.